The van der Waals surface area contributed by atoms with Crippen LogP contribution in [0.5, 0.6) is 0 Å². The lowest BCUT2D eigenvalue weighted by atomic mass is 10.1. The molecule has 0 aliphatic carbocycles. The molecule has 0 spiro atoms. The van der Waals surface area contributed by atoms with Crippen molar-refractivity contribution in [2.75, 3.05) is 11.9 Å². The second-order valence-corrected chi connectivity index (χ2v) is 8.46. The van der Waals surface area contributed by atoms with Crippen molar-refractivity contribution in [2.24, 2.45) is 0 Å². The molecule has 2 atom stereocenters. The van der Waals surface area contributed by atoms with Crippen LogP contribution in [-0.2, 0) is 40.1 Å². The van der Waals surface area contributed by atoms with E-state index in [0.717, 1.165) is 10.5 Å². The smallest absolute Gasteiger partial charge is 0.302 e. The van der Waals surface area contributed by atoms with Crippen LogP contribution in [-0.4, -0.2) is 59.0 Å². The number of unbranched alkanes of at least 4 members (excludes halogenated alkanes) is 2. The van der Waals surface area contributed by atoms with Gasteiger partial charge >= 0.3 is 5.97 Å². The average Bonchev–Trinajstić information content (AvgIpc) is 3.15. The Morgan fingerprint density at radius 3 is 2.08 bits per heavy atom. The van der Waals surface area contributed by atoms with Crippen molar-refractivity contribution in [3.05, 3.63) is 42.0 Å². The minimum absolute atomic E-state index is 0.137. The van der Waals surface area contributed by atoms with Gasteiger partial charge in [-0.2, -0.15) is 0 Å². The molecule has 0 fully saturated rings. The first-order chi connectivity index (χ1) is 17.1. The maximum Gasteiger partial charge on any atom is 0.302 e. The van der Waals surface area contributed by atoms with Crippen molar-refractivity contribution in [1.29, 1.82) is 0 Å². The van der Waals surface area contributed by atoms with E-state index in [0.29, 0.717) is 31.5 Å². The monoisotopic (exact) mass is 500 g/mol. The molecule has 1 heterocycles. The van der Waals surface area contributed by atoms with Gasteiger partial charge < -0.3 is 20.7 Å². The fraction of sp³-hybridized carbons (Fsp3) is 0.440. The Balaban J connectivity index is 1.65. The number of carbonyl (C=O) groups excluding carboxylic acids is 6. The summed E-state index contributed by atoms with van der Waals surface area (Å²) in [4.78, 5) is 71.9. The number of nitrogens with one attached hydrogen (secondary N) is 3. The molecule has 3 N–H and O–H groups in total. The molecule has 1 aliphatic rings. The fourth-order valence-electron chi connectivity index (χ4n) is 3.29. The van der Waals surface area contributed by atoms with E-state index >= 15 is 0 Å². The number of esters is 1. The highest BCUT2D eigenvalue weighted by Crippen LogP contribution is 2.11. The summed E-state index contributed by atoms with van der Waals surface area (Å²) >= 11 is 0. The van der Waals surface area contributed by atoms with E-state index < -0.39 is 23.9 Å². The SMILES string of the molecule is CC(=O)OCc1ccc(NC(=O)[C@H](C)NC(=O)[C@H](C)NC(=O)CCCCCN2C(=O)C=CC2=O)cc1. The predicted octanol–water partition coefficient (Wildman–Crippen LogP) is 1.18. The van der Waals surface area contributed by atoms with E-state index in [1.54, 1.807) is 24.3 Å². The van der Waals surface area contributed by atoms with Gasteiger partial charge in [0.25, 0.3) is 11.8 Å². The summed E-state index contributed by atoms with van der Waals surface area (Å²) in [5, 5.41) is 7.85. The lowest BCUT2D eigenvalue weighted by Crippen LogP contribution is -2.50. The van der Waals surface area contributed by atoms with Gasteiger partial charge in [-0.1, -0.05) is 18.6 Å². The largest absolute Gasteiger partial charge is 0.461 e. The molecular formula is C25H32N4O7. The summed E-state index contributed by atoms with van der Waals surface area (Å²) in [6.07, 6.45) is 4.44. The van der Waals surface area contributed by atoms with E-state index in [9.17, 15) is 28.8 Å². The van der Waals surface area contributed by atoms with E-state index in [1.165, 1.54) is 32.9 Å². The van der Waals surface area contributed by atoms with E-state index in [4.69, 9.17) is 4.74 Å². The second-order valence-electron chi connectivity index (χ2n) is 8.46. The van der Waals surface area contributed by atoms with Crippen LogP contribution in [0.2, 0.25) is 0 Å². The third-order valence-corrected chi connectivity index (χ3v) is 5.37. The summed E-state index contributed by atoms with van der Waals surface area (Å²) in [6, 6.07) is 5.06. The van der Waals surface area contributed by atoms with Gasteiger partial charge in [-0.15, -0.1) is 0 Å². The number of rotatable bonds is 13. The van der Waals surface area contributed by atoms with Crippen LogP contribution in [0.4, 0.5) is 5.69 Å². The highest BCUT2D eigenvalue weighted by atomic mass is 16.5. The summed E-state index contributed by atoms with van der Waals surface area (Å²) in [5.74, 6) is -2.27. The lowest BCUT2D eigenvalue weighted by molar-refractivity contribution is -0.142. The van der Waals surface area contributed by atoms with E-state index in [2.05, 4.69) is 16.0 Å². The number of nitrogens with zero attached hydrogens (tertiary/aromatic N) is 1. The number of carbonyl (C=O) groups is 6. The zero-order valence-electron chi connectivity index (χ0n) is 20.7. The summed E-state index contributed by atoms with van der Waals surface area (Å²) in [7, 11) is 0. The molecule has 2 rings (SSSR count). The minimum Gasteiger partial charge on any atom is -0.461 e. The predicted molar refractivity (Wildman–Crippen MR) is 130 cm³/mol. The van der Waals surface area contributed by atoms with Crippen LogP contribution in [0.3, 0.4) is 0 Å². The number of ether oxygens (including phenoxy) is 1. The van der Waals surface area contributed by atoms with Gasteiger partial charge in [0.2, 0.25) is 17.7 Å². The van der Waals surface area contributed by atoms with E-state index in [-0.39, 0.29) is 36.7 Å². The van der Waals surface area contributed by atoms with Crippen LogP contribution in [0.1, 0.15) is 52.0 Å². The zero-order valence-corrected chi connectivity index (χ0v) is 20.7. The van der Waals surface area contributed by atoms with Crippen LogP contribution in [0.15, 0.2) is 36.4 Å². The molecule has 5 amide bonds. The summed E-state index contributed by atoms with van der Waals surface area (Å²) < 4.78 is 4.91. The van der Waals surface area contributed by atoms with Crippen LogP contribution in [0.25, 0.3) is 0 Å². The first-order valence-corrected chi connectivity index (χ1v) is 11.7. The zero-order chi connectivity index (χ0) is 26.7. The van der Waals surface area contributed by atoms with Crippen molar-refractivity contribution >= 4 is 41.2 Å². The van der Waals surface area contributed by atoms with Crippen LogP contribution in [0, 0.1) is 0 Å². The highest BCUT2D eigenvalue weighted by Gasteiger charge is 2.23. The molecule has 0 radical (unpaired) electrons. The number of amides is 5. The molecule has 1 aliphatic heterocycles. The molecule has 0 aromatic heterocycles. The topological polar surface area (TPSA) is 151 Å². The van der Waals surface area contributed by atoms with Crippen molar-refractivity contribution in [1.82, 2.24) is 15.5 Å². The Hall–Kier alpha value is -4.02. The maximum atomic E-state index is 12.4. The lowest BCUT2D eigenvalue weighted by Gasteiger charge is -2.18. The van der Waals surface area contributed by atoms with Crippen molar-refractivity contribution in [3.63, 3.8) is 0 Å². The summed E-state index contributed by atoms with van der Waals surface area (Å²) in [5.41, 5.74) is 1.28. The van der Waals surface area contributed by atoms with Gasteiger partial charge in [-0.25, -0.2) is 0 Å². The molecule has 36 heavy (non-hydrogen) atoms. The molecule has 0 saturated heterocycles. The first-order valence-electron chi connectivity index (χ1n) is 11.7. The Bertz CT molecular complexity index is 1000. The highest BCUT2D eigenvalue weighted by molar-refractivity contribution is 6.12. The number of hydrogen-bond acceptors (Lipinski definition) is 7. The van der Waals surface area contributed by atoms with Gasteiger partial charge in [0.15, 0.2) is 0 Å². The summed E-state index contributed by atoms with van der Waals surface area (Å²) in [6.45, 7) is 4.82. The first kappa shape index (κ1) is 28.2. The molecule has 1 aromatic carbocycles. The average molecular weight is 501 g/mol. The molecule has 11 nitrogen and oxygen atoms in total. The molecule has 11 heteroatoms. The van der Waals surface area contributed by atoms with Crippen LogP contribution < -0.4 is 16.0 Å². The standard InChI is InChI=1S/C25H32N4O7/c1-16(26-21(31)7-5-4-6-14-29-22(32)12-13-23(29)33)24(34)27-17(2)25(35)28-20-10-8-19(9-11-20)15-36-18(3)30/h8-13,16-17H,4-7,14-15H2,1-3H3,(H,26,31)(H,27,34)(H,28,35)/t16-,17-/m0/s1. The van der Waals surface area contributed by atoms with Crippen molar-refractivity contribution < 1.29 is 33.5 Å². The Kier molecular flexibility index (Phi) is 10.8. The maximum absolute atomic E-state index is 12.4. The quantitative estimate of drug-likeness (QED) is 0.209. The minimum atomic E-state index is -0.844. The van der Waals surface area contributed by atoms with Gasteiger partial charge in [-0.3, -0.25) is 33.7 Å². The molecule has 0 unspecified atom stereocenters. The molecule has 0 saturated carbocycles. The molecule has 0 bridgehead atoms. The van der Waals surface area contributed by atoms with Gasteiger partial charge in [-0.05, 0) is 44.4 Å². The molecule has 1 aromatic rings. The number of imide groups is 1. The number of hydrogen-bond donors (Lipinski definition) is 3. The Morgan fingerprint density at radius 1 is 0.861 bits per heavy atom. The van der Waals surface area contributed by atoms with Crippen molar-refractivity contribution in [2.45, 2.75) is 65.1 Å². The third-order valence-electron chi connectivity index (χ3n) is 5.37. The number of benzene rings is 1. The molecular weight excluding hydrogens is 468 g/mol. The van der Waals surface area contributed by atoms with Crippen LogP contribution >= 0.6 is 0 Å². The van der Waals surface area contributed by atoms with Gasteiger partial charge in [0.05, 0.1) is 0 Å². The fourth-order valence-corrected chi connectivity index (χ4v) is 3.29. The van der Waals surface area contributed by atoms with E-state index in [1.807, 2.05) is 0 Å². The van der Waals surface area contributed by atoms with Gasteiger partial charge in [0, 0.05) is 37.7 Å². The Morgan fingerprint density at radius 2 is 1.47 bits per heavy atom. The van der Waals surface area contributed by atoms with Gasteiger partial charge in [0.1, 0.15) is 18.7 Å². The third kappa shape index (κ3) is 9.32. The number of anilines is 1. The van der Waals surface area contributed by atoms with Crippen molar-refractivity contribution in [3.8, 4) is 0 Å². The Labute approximate surface area is 209 Å². The second kappa shape index (κ2) is 13.8. The normalized spacial score (nSPS) is 14.2. The molecule has 194 valence electrons.